The Bertz CT molecular complexity index is 247. The topological polar surface area (TPSA) is 69.6 Å². The lowest BCUT2D eigenvalue weighted by Gasteiger charge is -2.15. The van der Waals surface area contributed by atoms with Crippen LogP contribution in [0, 0.1) is 0 Å². The third-order valence-corrected chi connectivity index (χ3v) is 1.90. The van der Waals surface area contributed by atoms with Crippen molar-refractivity contribution in [3.8, 4) is 0 Å². The van der Waals surface area contributed by atoms with E-state index in [1.165, 1.54) is 0 Å². The van der Waals surface area contributed by atoms with Crippen LogP contribution < -0.4 is 5.32 Å². The van der Waals surface area contributed by atoms with E-state index in [0.29, 0.717) is 12.6 Å². The summed E-state index contributed by atoms with van der Waals surface area (Å²) in [5.74, 6) is 0. The Morgan fingerprint density at radius 2 is 1.94 bits per heavy atom. The van der Waals surface area contributed by atoms with Crippen molar-refractivity contribution < 1.29 is 15.0 Å². The molecule has 0 aromatic rings. The van der Waals surface area contributed by atoms with Gasteiger partial charge in [0.2, 0.25) is 0 Å². The molecule has 4 nitrogen and oxygen atoms in total. The van der Waals surface area contributed by atoms with E-state index in [1.807, 2.05) is 12.2 Å². The summed E-state index contributed by atoms with van der Waals surface area (Å²) in [4.78, 5) is 8.36. The van der Waals surface area contributed by atoms with Gasteiger partial charge < -0.3 is 15.5 Å². The molecule has 0 radical (unpaired) electrons. The van der Waals surface area contributed by atoms with E-state index in [1.54, 1.807) is 13.0 Å². The maximum absolute atomic E-state index is 9.08. The molecule has 17 heavy (non-hydrogen) atoms. The quantitative estimate of drug-likeness (QED) is 0.469. The lowest BCUT2D eigenvalue weighted by Crippen LogP contribution is -2.32. The fraction of sp³-hybridized carbons (Fsp3) is 0.462. The zero-order chi connectivity index (χ0) is 13.7. The van der Waals surface area contributed by atoms with E-state index in [4.69, 9.17) is 15.0 Å². The fourth-order valence-corrected chi connectivity index (χ4v) is 1.17. The largest absolute Gasteiger partial charge is 0.483 e. The monoisotopic (exact) mass is 241 g/mol. The number of aliphatic hydroxyl groups is 1. The van der Waals surface area contributed by atoms with Crippen LogP contribution in [0.4, 0.5) is 0 Å². The van der Waals surface area contributed by atoms with Crippen molar-refractivity contribution in [3.63, 3.8) is 0 Å². The molecule has 3 N–H and O–H groups in total. The normalized spacial score (nSPS) is 13.9. The van der Waals surface area contributed by atoms with Crippen molar-refractivity contribution in [2.24, 2.45) is 0 Å². The van der Waals surface area contributed by atoms with Gasteiger partial charge in [-0.15, -0.1) is 0 Å². The fourth-order valence-electron chi connectivity index (χ4n) is 1.17. The Hall–Kier alpha value is -1.39. The number of carbonyl (C=O) groups is 1. The van der Waals surface area contributed by atoms with Crippen molar-refractivity contribution in [1.82, 2.24) is 5.32 Å². The van der Waals surface area contributed by atoms with Crippen LogP contribution in [0.5, 0.6) is 0 Å². The molecule has 2 atom stereocenters. The molecule has 0 amide bonds. The summed E-state index contributed by atoms with van der Waals surface area (Å²) in [5, 5.41) is 19.2. The van der Waals surface area contributed by atoms with Crippen LogP contribution in [-0.2, 0) is 4.79 Å². The highest BCUT2D eigenvalue weighted by molar-refractivity contribution is 5.32. The third-order valence-electron chi connectivity index (χ3n) is 1.90. The number of nitrogens with one attached hydrogen (secondary N) is 1. The number of carboxylic acid groups (broad SMARTS) is 1. The maximum atomic E-state index is 9.08. The summed E-state index contributed by atoms with van der Waals surface area (Å²) in [7, 11) is 0. The molecule has 0 aliphatic carbocycles. The van der Waals surface area contributed by atoms with Gasteiger partial charge >= 0.3 is 0 Å². The molecule has 0 saturated carbocycles. The minimum Gasteiger partial charge on any atom is -0.483 e. The van der Waals surface area contributed by atoms with Crippen LogP contribution in [0.2, 0.25) is 0 Å². The van der Waals surface area contributed by atoms with Crippen LogP contribution in [0.25, 0.3) is 0 Å². The van der Waals surface area contributed by atoms with E-state index in [2.05, 4.69) is 25.4 Å². The second-order valence-corrected chi connectivity index (χ2v) is 3.65. The van der Waals surface area contributed by atoms with Crippen LogP contribution in [0.1, 0.15) is 20.3 Å². The van der Waals surface area contributed by atoms with E-state index < -0.39 is 0 Å². The predicted octanol–water partition coefficient (Wildman–Crippen LogP) is 1.73. The van der Waals surface area contributed by atoms with Crippen molar-refractivity contribution in [2.45, 2.75) is 32.4 Å². The zero-order valence-corrected chi connectivity index (χ0v) is 10.6. The van der Waals surface area contributed by atoms with Crippen LogP contribution >= 0.6 is 0 Å². The molecule has 4 heteroatoms. The van der Waals surface area contributed by atoms with Crippen molar-refractivity contribution in [2.75, 3.05) is 6.54 Å². The number of rotatable bonds is 7. The Morgan fingerprint density at radius 1 is 1.41 bits per heavy atom. The SMILES string of the molecule is C=C/C=C(\C=C)CC(C)NC[C@H](C)O.O=CO. The third kappa shape index (κ3) is 14.6. The van der Waals surface area contributed by atoms with Gasteiger partial charge in [0.1, 0.15) is 0 Å². The highest BCUT2D eigenvalue weighted by Gasteiger charge is 2.03. The Kier molecular flexibility index (Phi) is 13.4. The van der Waals surface area contributed by atoms with Crippen LogP contribution in [-0.4, -0.2) is 35.4 Å². The number of aliphatic hydroxyl groups excluding tert-OH is 1. The summed E-state index contributed by atoms with van der Waals surface area (Å²) in [6.07, 6.45) is 6.16. The van der Waals surface area contributed by atoms with E-state index in [0.717, 1.165) is 12.0 Å². The lowest BCUT2D eigenvalue weighted by molar-refractivity contribution is -0.122. The van der Waals surface area contributed by atoms with E-state index >= 15 is 0 Å². The first-order valence-electron chi connectivity index (χ1n) is 5.45. The minimum absolute atomic E-state index is 0.250. The summed E-state index contributed by atoms with van der Waals surface area (Å²) in [6, 6.07) is 0.341. The van der Waals surface area contributed by atoms with Crippen LogP contribution in [0.15, 0.2) is 37.0 Å². The van der Waals surface area contributed by atoms with Crippen molar-refractivity contribution >= 4 is 6.47 Å². The second kappa shape index (κ2) is 12.7. The molecule has 0 aliphatic heterocycles. The van der Waals surface area contributed by atoms with Gasteiger partial charge in [-0.1, -0.05) is 31.4 Å². The predicted molar refractivity (Wildman–Crippen MR) is 70.9 cm³/mol. The molecule has 98 valence electrons. The van der Waals surface area contributed by atoms with Gasteiger partial charge in [0.15, 0.2) is 0 Å². The average Bonchev–Trinajstić information content (AvgIpc) is 2.27. The first-order valence-corrected chi connectivity index (χ1v) is 5.45. The summed E-state index contributed by atoms with van der Waals surface area (Å²) in [5.41, 5.74) is 1.16. The molecule has 0 aromatic heterocycles. The highest BCUT2D eigenvalue weighted by atomic mass is 16.3. The highest BCUT2D eigenvalue weighted by Crippen LogP contribution is 2.06. The maximum Gasteiger partial charge on any atom is 0.290 e. The smallest absolute Gasteiger partial charge is 0.290 e. The zero-order valence-electron chi connectivity index (χ0n) is 10.6. The molecule has 0 heterocycles. The molecular formula is C13H23NO3. The van der Waals surface area contributed by atoms with Crippen molar-refractivity contribution in [1.29, 1.82) is 0 Å². The first-order chi connectivity index (χ1) is 8.01. The second-order valence-electron chi connectivity index (χ2n) is 3.65. The Morgan fingerprint density at radius 3 is 2.29 bits per heavy atom. The Balaban J connectivity index is 0. The molecule has 0 fully saturated rings. The summed E-state index contributed by atoms with van der Waals surface area (Å²) in [6.45, 7) is 11.6. The summed E-state index contributed by atoms with van der Waals surface area (Å²) >= 11 is 0. The van der Waals surface area contributed by atoms with Gasteiger partial charge in [0.05, 0.1) is 6.10 Å². The van der Waals surface area contributed by atoms with Gasteiger partial charge in [-0.05, 0) is 25.8 Å². The molecule has 0 spiro atoms. The molecule has 0 aliphatic rings. The summed E-state index contributed by atoms with van der Waals surface area (Å²) < 4.78 is 0. The Labute approximate surface area is 103 Å². The van der Waals surface area contributed by atoms with Gasteiger partial charge in [-0.3, -0.25) is 4.79 Å². The molecule has 0 aromatic carbocycles. The van der Waals surface area contributed by atoms with Crippen molar-refractivity contribution in [3.05, 3.63) is 37.0 Å². The molecule has 1 unspecified atom stereocenters. The van der Waals surface area contributed by atoms with Gasteiger partial charge in [0, 0.05) is 12.6 Å². The molecule has 0 bridgehead atoms. The van der Waals surface area contributed by atoms with Crippen LogP contribution in [0.3, 0.4) is 0 Å². The minimum atomic E-state index is -0.298. The number of hydrogen-bond donors (Lipinski definition) is 3. The van der Waals surface area contributed by atoms with Gasteiger partial charge in [-0.2, -0.15) is 0 Å². The van der Waals surface area contributed by atoms with E-state index in [-0.39, 0.29) is 12.6 Å². The standard InChI is InChI=1S/C12H21NO.CH2O2/c1-5-7-12(6-2)8-10(3)13-9-11(4)14;2-1-3/h5-7,10-11,13-14H,1-2,8-9H2,3-4H3;1H,(H,2,3)/b12-7+;/t10?,11-;/m0./s1. The average molecular weight is 241 g/mol. The molecule has 0 saturated heterocycles. The number of hydrogen-bond acceptors (Lipinski definition) is 3. The lowest BCUT2D eigenvalue weighted by atomic mass is 10.1. The van der Waals surface area contributed by atoms with E-state index in [9.17, 15) is 0 Å². The molecular weight excluding hydrogens is 218 g/mol. The first kappa shape index (κ1) is 18.0. The van der Waals surface area contributed by atoms with Gasteiger partial charge in [0.25, 0.3) is 6.47 Å². The number of allylic oxidation sites excluding steroid dienone is 3. The van der Waals surface area contributed by atoms with Gasteiger partial charge in [-0.25, -0.2) is 0 Å². The molecule has 0 rings (SSSR count).